The quantitative estimate of drug-likeness (QED) is 0.704. The van der Waals surface area contributed by atoms with E-state index in [1.54, 1.807) is 13.0 Å². The highest BCUT2D eigenvalue weighted by molar-refractivity contribution is 7.99. The van der Waals surface area contributed by atoms with Gasteiger partial charge in [0.05, 0.1) is 24.2 Å². The molecule has 0 spiro atoms. The van der Waals surface area contributed by atoms with Gasteiger partial charge in [-0.2, -0.15) is 11.8 Å². The molecule has 1 aromatic rings. The van der Waals surface area contributed by atoms with E-state index in [-0.39, 0.29) is 30.4 Å². The molecule has 1 aromatic heterocycles. The first-order valence-electron chi connectivity index (χ1n) is 9.67. The summed E-state index contributed by atoms with van der Waals surface area (Å²) in [6.45, 7) is 6.44. The van der Waals surface area contributed by atoms with Gasteiger partial charge in [-0.25, -0.2) is 4.79 Å². The van der Waals surface area contributed by atoms with Gasteiger partial charge in [-0.05, 0) is 44.9 Å². The first kappa shape index (κ1) is 21.1. The summed E-state index contributed by atoms with van der Waals surface area (Å²) in [5.74, 6) is 1.60. The molecule has 2 aliphatic rings. The maximum absolute atomic E-state index is 12.8. The summed E-state index contributed by atoms with van der Waals surface area (Å²) in [7, 11) is 0. The number of aryl methyl sites for hydroxylation is 1. The van der Waals surface area contributed by atoms with Crippen molar-refractivity contribution in [1.82, 2.24) is 9.80 Å². The minimum atomic E-state index is -0.365. The van der Waals surface area contributed by atoms with Gasteiger partial charge in [0.25, 0.3) is 0 Å². The number of esters is 1. The molecule has 28 heavy (non-hydrogen) atoms. The lowest BCUT2D eigenvalue weighted by atomic mass is 10.2. The number of hydrogen-bond donors (Lipinski definition) is 1. The Morgan fingerprint density at radius 3 is 2.71 bits per heavy atom. The summed E-state index contributed by atoms with van der Waals surface area (Å²) in [6, 6.07) is 1.58. The molecule has 7 nitrogen and oxygen atoms in total. The van der Waals surface area contributed by atoms with Crippen molar-refractivity contribution in [2.45, 2.75) is 32.7 Å². The van der Waals surface area contributed by atoms with Crippen LogP contribution >= 0.6 is 23.1 Å². The van der Waals surface area contributed by atoms with E-state index < -0.39 is 0 Å². The molecule has 9 heteroatoms. The average molecular weight is 426 g/mol. The molecular weight excluding hydrogens is 398 g/mol. The summed E-state index contributed by atoms with van der Waals surface area (Å²) in [4.78, 5) is 41.7. The molecule has 1 atom stereocenters. The predicted octanol–water partition coefficient (Wildman–Crippen LogP) is 2.21. The molecule has 0 aromatic carbocycles. The van der Waals surface area contributed by atoms with Gasteiger partial charge in [0.15, 0.2) is 0 Å². The summed E-state index contributed by atoms with van der Waals surface area (Å²) in [5, 5.41) is 3.49. The van der Waals surface area contributed by atoms with Crippen molar-refractivity contribution in [3.05, 3.63) is 16.5 Å². The third-order valence-electron chi connectivity index (χ3n) is 4.96. The molecule has 0 radical (unpaired) electrons. The molecule has 0 saturated carbocycles. The van der Waals surface area contributed by atoms with Gasteiger partial charge >= 0.3 is 5.97 Å². The van der Waals surface area contributed by atoms with Crippen molar-refractivity contribution in [3.8, 4) is 0 Å². The Balaban J connectivity index is 1.57. The Morgan fingerprint density at radius 1 is 1.25 bits per heavy atom. The zero-order chi connectivity index (χ0) is 20.1. The van der Waals surface area contributed by atoms with E-state index in [9.17, 15) is 14.4 Å². The first-order chi connectivity index (χ1) is 13.5. The smallest absolute Gasteiger partial charge is 0.348 e. The second kappa shape index (κ2) is 9.76. The van der Waals surface area contributed by atoms with Gasteiger partial charge < -0.3 is 15.0 Å². The predicted molar refractivity (Wildman–Crippen MR) is 112 cm³/mol. The Labute approximate surface area is 173 Å². The van der Waals surface area contributed by atoms with E-state index in [4.69, 9.17) is 4.74 Å². The zero-order valence-electron chi connectivity index (χ0n) is 16.4. The van der Waals surface area contributed by atoms with E-state index >= 15 is 0 Å². The zero-order valence-corrected chi connectivity index (χ0v) is 18.0. The Bertz CT molecular complexity index is 731. The van der Waals surface area contributed by atoms with E-state index in [1.165, 1.54) is 11.3 Å². The fourth-order valence-electron chi connectivity index (χ4n) is 3.59. The van der Waals surface area contributed by atoms with Crippen molar-refractivity contribution in [1.29, 1.82) is 0 Å². The first-order valence-corrected chi connectivity index (χ1v) is 11.6. The number of amides is 2. The van der Waals surface area contributed by atoms with Crippen LogP contribution in [0.5, 0.6) is 0 Å². The maximum Gasteiger partial charge on any atom is 0.348 e. The van der Waals surface area contributed by atoms with Crippen LogP contribution in [0.2, 0.25) is 0 Å². The topological polar surface area (TPSA) is 79.0 Å². The molecule has 1 N–H and O–H groups in total. The Morgan fingerprint density at radius 2 is 2.00 bits per heavy atom. The van der Waals surface area contributed by atoms with Crippen LogP contribution in [0, 0.1) is 6.92 Å². The van der Waals surface area contributed by atoms with Crippen molar-refractivity contribution >= 4 is 45.9 Å². The number of thiophene rings is 1. The van der Waals surface area contributed by atoms with Crippen LogP contribution in [0.4, 0.5) is 5.00 Å². The average Bonchev–Trinajstić information content (AvgIpc) is 3.28. The number of carbonyl (C=O) groups is 3. The van der Waals surface area contributed by atoms with Gasteiger partial charge in [-0.15, -0.1) is 11.3 Å². The van der Waals surface area contributed by atoms with Crippen LogP contribution in [0.3, 0.4) is 0 Å². The third-order valence-corrected chi connectivity index (χ3v) is 7.03. The standard InChI is InChI=1S/C19H27N3O4S2/c1-3-26-19(25)17-13(2)11-16(28-17)20-15(23)12-22-6-4-5-14(22)18(24)21-7-9-27-10-8-21/h11,14H,3-10,12H2,1-2H3,(H,20,23). The molecule has 154 valence electrons. The van der Waals surface area contributed by atoms with Crippen molar-refractivity contribution in [3.63, 3.8) is 0 Å². The summed E-state index contributed by atoms with van der Waals surface area (Å²) in [5.41, 5.74) is 0.788. The number of rotatable bonds is 6. The molecule has 2 saturated heterocycles. The number of nitrogens with zero attached hydrogens (tertiary/aromatic N) is 2. The Hall–Kier alpha value is -1.58. The summed E-state index contributed by atoms with van der Waals surface area (Å²) in [6.07, 6.45) is 1.73. The molecular formula is C19H27N3O4S2. The van der Waals surface area contributed by atoms with Crippen LogP contribution in [-0.2, 0) is 14.3 Å². The minimum absolute atomic E-state index is 0.155. The highest BCUT2D eigenvalue weighted by Crippen LogP contribution is 2.28. The number of thioether (sulfide) groups is 1. The SMILES string of the molecule is CCOC(=O)c1sc(NC(=O)CN2CCCC2C(=O)N2CCSCC2)cc1C. The normalized spacial score (nSPS) is 20.2. The van der Waals surface area contributed by atoms with Crippen LogP contribution in [-0.4, -0.2) is 77.9 Å². The van der Waals surface area contributed by atoms with Crippen LogP contribution in [0.25, 0.3) is 0 Å². The van der Waals surface area contributed by atoms with E-state index in [0.717, 1.165) is 49.5 Å². The van der Waals surface area contributed by atoms with Crippen LogP contribution < -0.4 is 5.32 Å². The second-order valence-electron chi connectivity index (χ2n) is 6.96. The monoisotopic (exact) mass is 425 g/mol. The van der Waals surface area contributed by atoms with Gasteiger partial charge in [-0.3, -0.25) is 14.5 Å². The molecule has 3 rings (SSSR count). The molecule has 3 heterocycles. The molecule has 0 bridgehead atoms. The lowest BCUT2D eigenvalue weighted by molar-refractivity contribution is -0.136. The molecule has 0 aliphatic carbocycles. The molecule has 2 fully saturated rings. The van der Waals surface area contributed by atoms with E-state index in [0.29, 0.717) is 16.5 Å². The molecule has 2 amide bonds. The lowest BCUT2D eigenvalue weighted by Gasteiger charge is -2.32. The number of ether oxygens (including phenoxy) is 1. The van der Waals surface area contributed by atoms with E-state index in [1.807, 2.05) is 28.5 Å². The number of hydrogen-bond acceptors (Lipinski definition) is 7. The second-order valence-corrected chi connectivity index (χ2v) is 9.23. The maximum atomic E-state index is 12.8. The van der Waals surface area contributed by atoms with Gasteiger partial charge in [-0.1, -0.05) is 0 Å². The van der Waals surface area contributed by atoms with Gasteiger partial charge in [0.1, 0.15) is 4.88 Å². The summed E-state index contributed by atoms with van der Waals surface area (Å²) < 4.78 is 5.04. The number of likely N-dealkylation sites (tertiary alicyclic amines) is 1. The number of nitrogens with one attached hydrogen (secondary N) is 1. The van der Waals surface area contributed by atoms with Crippen LogP contribution in [0.15, 0.2) is 6.07 Å². The van der Waals surface area contributed by atoms with Crippen molar-refractivity contribution < 1.29 is 19.1 Å². The highest BCUT2D eigenvalue weighted by Gasteiger charge is 2.35. The fourth-order valence-corrected chi connectivity index (χ4v) is 5.48. The number of carbonyl (C=O) groups excluding carboxylic acids is 3. The highest BCUT2D eigenvalue weighted by atomic mass is 32.2. The number of anilines is 1. The largest absolute Gasteiger partial charge is 0.462 e. The third kappa shape index (κ3) is 5.07. The molecule has 2 aliphatic heterocycles. The lowest BCUT2D eigenvalue weighted by Crippen LogP contribution is -2.49. The Kier molecular flexibility index (Phi) is 7.36. The van der Waals surface area contributed by atoms with Gasteiger partial charge in [0, 0.05) is 24.6 Å². The van der Waals surface area contributed by atoms with Crippen LogP contribution in [0.1, 0.15) is 35.0 Å². The fraction of sp³-hybridized carbons (Fsp3) is 0.632. The summed E-state index contributed by atoms with van der Waals surface area (Å²) >= 11 is 3.10. The van der Waals surface area contributed by atoms with E-state index in [2.05, 4.69) is 5.32 Å². The molecule has 1 unspecified atom stereocenters. The van der Waals surface area contributed by atoms with Gasteiger partial charge in [0.2, 0.25) is 11.8 Å². The minimum Gasteiger partial charge on any atom is -0.462 e. The van der Waals surface area contributed by atoms with Crippen molar-refractivity contribution in [2.75, 3.05) is 49.6 Å². The van der Waals surface area contributed by atoms with Crippen molar-refractivity contribution in [2.24, 2.45) is 0 Å².